The third-order valence-corrected chi connectivity index (χ3v) is 5.41. The highest BCUT2D eigenvalue weighted by atomic mass is 32.2. The molecule has 1 aromatic carbocycles. The van der Waals surface area contributed by atoms with Crippen LogP contribution in [0.3, 0.4) is 0 Å². The van der Waals surface area contributed by atoms with E-state index < -0.39 is 0 Å². The lowest BCUT2D eigenvalue weighted by Gasteiger charge is -2.31. The number of likely N-dealkylation sites (N-methyl/N-ethyl adjacent to an activating group) is 1. The minimum absolute atomic E-state index is 0.00892. The molecule has 0 aliphatic rings. The number of carbonyl (C=O) groups is 1. The number of rotatable bonds is 6. The van der Waals surface area contributed by atoms with Gasteiger partial charge in [0.25, 0.3) is 5.91 Å². The lowest BCUT2D eigenvalue weighted by molar-refractivity contribution is 0.0917. The minimum atomic E-state index is 0.00892. The lowest BCUT2D eigenvalue weighted by atomic mass is 9.99. The van der Waals surface area contributed by atoms with Gasteiger partial charge in [0.15, 0.2) is 0 Å². The second-order valence-electron chi connectivity index (χ2n) is 5.40. The Balaban J connectivity index is 2.15. The van der Waals surface area contributed by atoms with E-state index in [1.54, 1.807) is 11.8 Å². The number of thiophene rings is 1. The molecule has 1 aromatic heterocycles. The Morgan fingerprint density at radius 3 is 2.50 bits per heavy atom. The van der Waals surface area contributed by atoms with Crippen LogP contribution < -0.4 is 5.32 Å². The molecular formula is C17H22N2OS2. The van der Waals surface area contributed by atoms with Gasteiger partial charge in [-0.1, -0.05) is 30.3 Å². The molecule has 1 heterocycles. The van der Waals surface area contributed by atoms with Crippen LogP contribution in [0.1, 0.15) is 28.2 Å². The molecule has 0 spiro atoms. The zero-order valence-corrected chi connectivity index (χ0v) is 15.0. The van der Waals surface area contributed by atoms with Gasteiger partial charge in [-0.3, -0.25) is 4.79 Å². The fourth-order valence-corrected chi connectivity index (χ4v) is 4.31. The maximum Gasteiger partial charge on any atom is 0.262 e. The van der Waals surface area contributed by atoms with Crippen LogP contribution in [0.25, 0.3) is 0 Å². The van der Waals surface area contributed by atoms with Crippen LogP contribution in [0.5, 0.6) is 0 Å². The number of nitrogens with one attached hydrogen (secondary N) is 1. The first-order valence-corrected chi connectivity index (χ1v) is 9.28. The summed E-state index contributed by atoms with van der Waals surface area (Å²) in [6, 6.07) is 12.4. The summed E-state index contributed by atoms with van der Waals surface area (Å²) in [5, 5.41) is 5.12. The summed E-state index contributed by atoms with van der Waals surface area (Å²) in [5.74, 6) is 0.00892. The van der Waals surface area contributed by atoms with Gasteiger partial charge in [0.2, 0.25) is 0 Å². The van der Waals surface area contributed by atoms with Crippen molar-refractivity contribution in [2.75, 3.05) is 20.4 Å². The van der Waals surface area contributed by atoms with Crippen molar-refractivity contribution in [3.05, 3.63) is 52.2 Å². The van der Waals surface area contributed by atoms with Gasteiger partial charge < -0.3 is 10.2 Å². The topological polar surface area (TPSA) is 32.3 Å². The van der Waals surface area contributed by atoms with Gasteiger partial charge in [0.1, 0.15) is 4.88 Å². The van der Waals surface area contributed by atoms with Gasteiger partial charge in [-0.25, -0.2) is 0 Å². The second-order valence-corrected chi connectivity index (χ2v) is 7.16. The average Bonchev–Trinajstić information content (AvgIpc) is 2.96. The predicted molar refractivity (Wildman–Crippen MR) is 95.9 cm³/mol. The maximum atomic E-state index is 12.5. The standard InChI is InChI=1S/C17H22N2OS2/c1-12(15(19(2)3)13-8-6-5-7-9-13)18-17(20)16-14(21-4)10-11-22-16/h5-12,15H,1-4H3,(H,18,20). The number of nitrogens with zero attached hydrogens (tertiary/aromatic N) is 1. The predicted octanol–water partition coefficient (Wildman–Crippen LogP) is 3.89. The van der Waals surface area contributed by atoms with Crippen molar-refractivity contribution >= 4 is 29.0 Å². The van der Waals surface area contributed by atoms with E-state index in [9.17, 15) is 4.79 Å². The van der Waals surface area contributed by atoms with E-state index in [0.29, 0.717) is 0 Å². The third kappa shape index (κ3) is 3.91. The first-order chi connectivity index (χ1) is 10.5. The Bertz CT molecular complexity index is 610. The molecular weight excluding hydrogens is 312 g/mol. The summed E-state index contributed by atoms with van der Waals surface area (Å²) in [4.78, 5) is 16.5. The maximum absolute atomic E-state index is 12.5. The van der Waals surface area contributed by atoms with Crippen LogP contribution in [0, 0.1) is 0 Å². The van der Waals surface area contributed by atoms with E-state index in [1.807, 2.05) is 50.0 Å². The van der Waals surface area contributed by atoms with Crippen LogP contribution in [-0.4, -0.2) is 37.2 Å². The molecule has 1 amide bonds. The van der Waals surface area contributed by atoms with Crippen LogP contribution in [0.2, 0.25) is 0 Å². The summed E-state index contributed by atoms with van der Waals surface area (Å²) in [6.07, 6.45) is 1.99. The van der Waals surface area contributed by atoms with Crippen molar-refractivity contribution in [1.82, 2.24) is 10.2 Å². The normalized spacial score (nSPS) is 13.9. The number of thioether (sulfide) groups is 1. The van der Waals surface area contributed by atoms with Crippen molar-refractivity contribution in [3.63, 3.8) is 0 Å². The van der Waals surface area contributed by atoms with Crippen LogP contribution >= 0.6 is 23.1 Å². The fourth-order valence-electron chi connectivity index (χ4n) is 2.66. The molecule has 0 saturated carbocycles. The summed E-state index contributed by atoms with van der Waals surface area (Å²) < 4.78 is 0. The lowest BCUT2D eigenvalue weighted by Crippen LogP contribution is -2.42. The molecule has 22 heavy (non-hydrogen) atoms. The van der Waals surface area contributed by atoms with Crippen molar-refractivity contribution in [1.29, 1.82) is 0 Å². The summed E-state index contributed by atoms with van der Waals surface area (Å²) in [6.45, 7) is 2.06. The number of amides is 1. The number of hydrogen-bond acceptors (Lipinski definition) is 4. The molecule has 2 atom stereocenters. The molecule has 0 fully saturated rings. The summed E-state index contributed by atoms with van der Waals surface area (Å²) in [5.41, 5.74) is 1.21. The zero-order valence-electron chi connectivity index (χ0n) is 13.4. The largest absolute Gasteiger partial charge is 0.347 e. The van der Waals surface area contributed by atoms with E-state index in [2.05, 4.69) is 29.3 Å². The molecule has 2 aromatic rings. The summed E-state index contributed by atoms with van der Waals surface area (Å²) >= 11 is 3.10. The molecule has 2 rings (SSSR count). The molecule has 0 aliphatic carbocycles. The van der Waals surface area contributed by atoms with Crippen LogP contribution in [0.4, 0.5) is 0 Å². The number of carbonyl (C=O) groups excluding carboxylic acids is 1. The first-order valence-electron chi connectivity index (χ1n) is 7.18. The molecule has 5 heteroatoms. The smallest absolute Gasteiger partial charge is 0.262 e. The van der Waals surface area contributed by atoms with Crippen LogP contribution in [0.15, 0.2) is 46.7 Å². The molecule has 3 nitrogen and oxygen atoms in total. The van der Waals surface area contributed by atoms with Gasteiger partial charge in [0.05, 0.1) is 6.04 Å². The molecule has 118 valence electrons. The Kier molecular flexibility index (Phi) is 6.06. The minimum Gasteiger partial charge on any atom is -0.347 e. The Hall–Kier alpha value is -1.30. The summed E-state index contributed by atoms with van der Waals surface area (Å²) in [7, 11) is 4.08. The number of benzene rings is 1. The van der Waals surface area contributed by atoms with Crippen molar-refractivity contribution < 1.29 is 4.79 Å². The van der Waals surface area contributed by atoms with E-state index >= 15 is 0 Å². The first kappa shape index (κ1) is 17.1. The van der Waals surface area contributed by atoms with Gasteiger partial charge in [0, 0.05) is 10.9 Å². The fraction of sp³-hybridized carbons (Fsp3) is 0.353. The average molecular weight is 335 g/mol. The van der Waals surface area contributed by atoms with E-state index in [0.717, 1.165) is 9.77 Å². The van der Waals surface area contributed by atoms with E-state index in [4.69, 9.17) is 0 Å². The van der Waals surface area contributed by atoms with Crippen molar-refractivity contribution in [2.24, 2.45) is 0 Å². The van der Waals surface area contributed by atoms with Gasteiger partial charge in [-0.05, 0) is 44.3 Å². The molecule has 0 radical (unpaired) electrons. The van der Waals surface area contributed by atoms with Crippen molar-refractivity contribution in [2.45, 2.75) is 23.9 Å². The number of hydrogen-bond donors (Lipinski definition) is 1. The van der Waals surface area contributed by atoms with Gasteiger partial charge >= 0.3 is 0 Å². The van der Waals surface area contributed by atoms with Crippen molar-refractivity contribution in [3.8, 4) is 0 Å². The monoisotopic (exact) mass is 334 g/mol. The Morgan fingerprint density at radius 1 is 1.23 bits per heavy atom. The Labute approximate surface area is 140 Å². The van der Waals surface area contributed by atoms with E-state index in [-0.39, 0.29) is 18.0 Å². The third-order valence-electron chi connectivity index (χ3n) is 3.59. The van der Waals surface area contributed by atoms with E-state index in [1.165, 1.54) is 16.9 Å². The molecule has 0 saturated heterocycles. The van der Waals surface area contributed by atoms with Gasteiger partial charge in [-0.15, -0.1) is 23.1 Å². The highest BCUT2D eigenvalue weighted by Gasteiger charge is 2.24. The molecule has 0 bridgehead atoms. The Morgan fingerprint density at radius 2 is 1.91 bits per heavy atom. The quantitative estimate of drug-likeness (QED) is 0.814. The highest BCUT2D eigenvalue weighted by Crippen LogP contribution is 2.27. The molecule has 2 unspecified atom stereocenters. The molecule has 0 aliphatic heterocycles. The second kappa shape index (κ2) is 7.81. The SMILES string of the molecule is CSc1ccsc1C(=O)NC(C)C(c1ccccc1)N(C)C. The van der Waals surface area contributed by atoms with Gasteiger partial charge in [-0.2, -0.15) is 0 Å². The van der Waals surface area contributed by atoms with Crippen LogP contribution in [-0.2, 0) is 0 Å². The zero-order chi connectivity index (χ0) is 16.1. The molecule has 1 N–H and O–H groups in total. The highest BCUT2D eigenvalue weighted by molar-refractivity contribution is 7.98.